The van der Waals surface area contributed by atoms with Crippen LogP contribution in [0.15, 0.2) is 65.3 Å². The molecule has 0 aliphatic carbocycles. The zero-order chi connectivity index (χ0) is 22.2. The van der Waals surface area contributed by atoms with Crippen LogP contribution in [0.25, 0.3) is 0 Å². The molecule has 0 aliphatic rings. The van der Waals surface area contributed by atoms with E-state index in [1.165, 1.54) is 21.9 Å². The maximum Gasteiger partial charge on any atom is 0.219 e. The Morgan fingerprint density at radius 1 is 0.833 bits per heavy atom. The maximum absolute atomic E-state index is 6.05. The van der Waals surface area contributed by atoms with Gasteiger partial charge < -0.3 is 9.16 Å². The summed E-state index contributed by atoms with van der Waals surface area (Å²) in [5.41, 5.74) is 4.25. The molecule has 0 saturated heterocycles. The normalized spacial score (nSPS) is 12.3. The molecule has 2 nitrogen and oxygen atoms in total. The van der Waals surface area contributed by atoms with E-state index in [4.69, 9.17) is 9.16 Å². The average molecular weight is 425 g/mol. The summed E-state index contributed by atoms with van der Waals surface area (Å²) >= 11 is 0. The molecule has 0 fully saturated rings. The van der Waals surface area contributed by atoms with Crippen LogP contribution in [0.4, 0.5) is 0 Å². The van der Waals surface area contributed by atoms with Crippen LogP contribution in [0.1, 0.15) is 53.4 Å². The second kappa shape index (κ2) is 15.0. The molecule has 0 spiro atoms. The Kier molecular flexibility index (Phi) is 13.1. The third-order valence-electron chi connectivity index (χ3n) is 4.95. The monoisotopic (exact) mass is 424 g/mol. The molecule has 0 N–H and O–H groups in total. The van der Waals surface area contributed by atoms with Crippen molar-refractivity contribution in [2.75, 3.05) is 19.8 Å². The molecule has 0 unspecified atom stereocenters. The van der Waals surface area contributed by atoms with E-state index in [-0.39, 0.29) is 0 Å². The van der Waals surface area contributed by atoms with Crippen LogP contribution >= 0.6 is 0 Å². The quantitative estimate of drug-likeness (QED) is 0.164. The summed E-state index contributed by atoms with van der Waals surface area (Å²) in [5.74, 6) is 6.12. The van der Waals surface area contributed by atoms with Gasteiger partial charge in [0.05, 0.1) is 13.2 Å². The van der Waals surface area contributed by atoms with Gasteiger partial charge in [0.1, 0.15) is 6.61 Å². The highest BCUT2D eigenvalue weighted by Gasteiger charge is 2.24. The van der Waals surface area contributed by atoms with Gasteiger partial charge in [-0.05, 0) is 71.7 Å². The lowest BCUT2D eigenvalue weighted by Gasteiger charge is -2.21. The molecule has 0 bridgehead atoms. The molecular formula is C27H40O2Si. The van der Waals surface area contributed by atoms with E-state index in [1.807, 2.05) is 6.07 Å². The first-order chi connectivity index (χ1) is 14.3. The highest BCUT2D eigenvalue weighted by molar-refractivity contribution is 6.84. The van der Waals surface area contributed by atoms with Gasteiger partial charge in [-0.3, -0.25) is 0 Å². The third kappa shape index (κ3) is 12.6. The molecule has 0 heterocycles. The van der Waals surface area contributed by atoms with Gasteiger partial charge in [0.2, 0.25) is 8.32 Å². The molecule has 3 heteroatoms. The predicted molar refractivity (Wildman–Crippen MR) is 134 cm³/mol. The van der Waals surface area contributed by atoms with Crippen LogP contribution in [0.5, 0.6) is 0 Å². The largest absolute Gasteiger partial charge is 0.402 e. The van der Waals surface area contributed by atoms with Crippen molar-refractivity contribution in [3.8, 4) is 11.8 Å². The first-order valence-corrected chi connectivity index (χ1v) is 13.9. The second-order valence-corrected chi connectivity index (χ2v) is 12.4. The van der Waals surface area contributed by atoms with Crippen molar-refractivity contribution >= 4 is 13.5 Å². The standard InChI is InChI=1S/C27H40O2Si/c1-24(2)14-12-15-25(3)16-13-17-26(4)20-23-28-21-10-11-22-29-30(5,6)27-18-8-7-9-19-27/h7-9,14,16,18-20H,12-13,15,17,21-23H2,1-6H3/b25-16+,26-20+. The highest BCUT2D eigenvalue weighted by atomic mass is 28.4. The lowest BCUT2D eigenvalue weighted by Crippen LogP contribution is -2.44. The highest BCUT2D eigenvalue weighted by Crippen LogP contribution is 2.11. The van der Waals surface area contributed by atoms with Gasteiger partial charge >= 0.3 is 0 Å². The molecular weight excluding hydrogens is 384 g/mol. The van der Waals surface area contributed by atoms with Crippen LogP contribution in [0.2, 0.25) is 13.1 Å². The SMILES string of the molecule is CC(C)=CCC/C(C)=C/CC/C(C)=C/COCC#CCO[Si](C)(C)c1ccccc1. The van der Waals surface area contributed by atoms with Crippen molar-refractivity contribution in [2.24, 2.45) is 0 Å². The molecule has 30 heavy (non-hydrogen) atoms. The summed E-state index contributed by atoms with van der Waals surface area (Å²) < 4.78 is 11.7. The summed E-state index contributed by atoms with van der Waals surface area (Å²) in [4.78, 5) is 0. The Bertz CT molecular complexity index is 757. The number of ether oxygens (including phenoxy) is 1. The first-order valence-electron chi connectivity index (χ1n) is 11.0. The number of hydrogen-bond acceptors (Lipinski definition) is 2. The van der Waals surface area contributed by atoms with Gasteiger partial charge in [0.25, 0.3) is 0 Å². The molecule has 0 aliphatic heterocycles. The fourth-order valence-corrected chi connectivity index (χ4v) is 4.49. The van der Waals surface area contributed by atoms with Gasteiger partial charge in [0, 0.05) is 0 Å². The number of hydrogen-bond donors (Lipinski definition) is 0. The minimum Gasteiger partial charge on any atom is -0.402 e. The van der Waals surface area contributed by atoms with Gasteiger partial charge in [-0.15, -0.1) is 0 Å². The summed E-state index contributed by atoms with van der Waals surface area (Å²) in [7, 11) is -1.86. The van der Waals surface area contributed by atoms with Gasteiger partial charge in [-0.1, -0.05) is 77.1 Å². The topological polar surface area (TPSA) is 18.5 Å². The molecule has 0 radical (unpaired) electrons. The minimum atomic E-state index is -1.86. The van der Waals surface area contributed by atoms with E-state index in [9.17, 15) is 0 Å². The van der Waals surface area contributed by atoms with E-state index < -0.39 is 8.32 Å². The number of benzene rings is 1. The van der Waals surface area contributed by atoms with Gasteiger partial charge in [-0.25, -0.2) is 0 Å². The molecule has 0 aromatic heterocycles. The fraction of sp³-hybridized carbons (Fsp3) is 0.481. The Hall–Kier alpha value is -1.86. The van der Waals surface area contributed by atoms with Crippen LogP contribution in [0.3, 0.4) is 0 Å². The van der Waals surface area contributed by atoms with E-state index >= 15 is 0 Å². The molecule has 1 aromatic carbocycles. The number of allylic oxidation sites excluding steroid dienone is 5. The van der Waals surface area contributed by atoms with Crippen molar-refractivity contribution in [1.29, 1.82) is 0 Å². The van der Waals surface area contributed by atoms with Crippen LogP contribution < -0.4 is 5.19 Å². The van der Waals surface area contributed by atoms with E-state index in [1.54, 1.807) is 0 Å². The van der Waals surface area contributed by atoms with Crippen molar-refractivity contribution < 1.29 is 9.16 Å². The maximum atomic E-state index is 6.05. The fourth-order valence-electron chi connectivity index (χ4n) is 2.89. The van der Waals surface area contributed by atoms with Crippen molar-refractivity contribution in [2.45, 2.75) is 66.5 Å². The van der Waals surface area contributed by atoms with Crippen LogP contribution in [0, 0.1) is 11.8 Å². The molecule has 1 rings (SSSR count). The molecule has 164 valence electrons. The van der Waals surface area contributed by atoms with E-state index in [2.05, 4.69) is 95.1 Å². The Labute approximate surface area is 186 Å². The van der Waals surface area contributed by atoms with Crippen LogP contribution in [-0.2, 0) is 9.16 Å². The zero-order valence-corrected chi connectivity index (χ0v) is 20.9. The molecule has 0 atom stereocenters. The average Bonchev–Trinajstić information content (AvgIpc) is 2.70. The molecule has 0 amide bonds. The lowest BCUT2D eigenvalue weighted by molar-refractivity contribution is 0.198. The minimum absolute atomic E-state index is 0.448. The molecule has 0 saturated carbocycles. The third-order valence-corrected chi connectivity index (χ3v) is 7.54. The predicted octanol–water partition coefficient (Wildman–Crippen LogP) is 6.55. The number of rotatable bonds is 12. The Balaban J connectivity index is 2.18. The van der Waals surface area contributed by atoms with E-state index in [0.29, 0.717) is 19.8 Å². The lowest BCUT2D eigenvalue weighted by atomic mass is 10.1. The van der Waals surface area contributed by atoms with Crippen molar-refractivity contribution in [3.63, 3.8) is 0 Å². The van der Waals surface area contributed by atoms with Gasteiger partial charge in [-0.2, -0.15) is 0 Å². The van der Waals surface area contributed by atoms with Crippen LogP contribution in [-0.4, -0.2) is 28.1 Å². The van der Waals surface area contributed by atoms with Gasteiger partial charge in [0.15, 0.2) is 0 Å². The Morgan fingerprint density at radius 3 is 2.10 bits per heavy atom. The summed E-state index contributed by atoms with van der Waals surface area (Å²) in [6.07, 6.45) is 11.3. The van der Waals surface area contributed by atoms with Crippen molar-refractivity contribution in [1.82, 2.24) is 0 Å². The van der Waals surface area contributed by atoms with Crippen molar-refractivity contribution in [3.05, 3.63) is 65.3 Å². The summed E-state index contributed by atoms with van der Waals surface area (Å²) in [6, 6.07) is 10.4. The zero-order valence-electron chi connectivity index (χ0n) is 19.9. The smallest absolute Gasteiger partial charge is 0.219 e. The summed E-state index contributed by atoms with van der Waals surface area (Å²) in [5, 5.41) is 1.29. The first kappa shape index (κ1) is 26.2. The second-order valence-electron chi connectivity index (χ2n) is 8.49. The molecule has 1 aromatic rings. The summed E-state index contributed by atoms with van der Waals surface area (Å²) in [6.45, 7) is 14.6. The Morgan fingerprint density at radius 2 is 1.43 bits per heavy atom. The van der Waals surface area contributed by atoms with E-state index in [0.717, 1.165) is 25.7 Å².